The third-order valence-corrected chi connectivity index (χ3v) is 3.78. The number of hydrogen-bond acceptors (Lipinski definition) is 3. The number of amides is 4. The van der Waals surface area contributed by atoms with Crippen LogP contribution in [0.25, 0.3) is 0 Å². The second kappa shape index (κ2) is 6.98. The Morgan fingerprint density at radius 2 is 2.09 bits per heavy atom. The van der Waals surface area contributed by atoms with Gasteiger partial charge in [-0.25, -0.2) is 4.79 Å². The van der Waals surface area contributed by atoms with Gasteiger partial charge in [0.2, 0.25) is 5.91 Å². The second-order valence-electron chi connectivity index (χ2n) is 5.13. The summed E-state index contributed by atoms with van der Waals surface area (Å²) in [5.74, 6) is -0.812. The average molecular weight is 344 g/mol. The van der Waals surface area contributed by atoms with Gasteiger partial charge in [-0.15, -0.1) is 0 Å². The van der Waals surface area contributed by atoms with Crippen LogP contribution >= 0.6 is 23.2 Å². The highest BCUT2D eigenvalue weighted by molar-refractivity contribution is 6.35. The highest BCUT2D eigenvalue weighted by Gasteiger charge is 2.31. The monoisotopic (exact) mass is 343 g/mol. The number of urea groups is 1. The summed E-state index contributed by atoms with van der Waals surface area (Å²) in [5, 5.41) is 8.31. The molecule has 1 fully saturated rings. The molecular formula is C14H15Cl2N3O3. The summed E-state index contributed by atoms with van der Waals surface area (Å²) >= 11 is 11.9. The normalized spacial score (nSPS) is 18.6. The van der Waals surface area contributed by atoms with E-state index in [0.29, 0.717) is 16.5 Å². The van der Waals surface area contributed by atoms with Crippen molar-refractivity contribution in [1.29, 1.82) is 0 Å². The van der Waals surface area contributed by atoms with Gasteiger partial charge in [0.05, 0.1) is 6.42 Å². The van der Waals surface area contributed by atoms with Crippen LogP contribution in [0.1, 0.15) is 18.9 Å². The molecule has 8 heteroatoms. The van der Waals surface area contributed by atoms with Gasteiger partial charge in [0, 0.05) is 16.1 Å². The van der Waals surface area contributed by atoms with Crippen LogP contribution in [0.5, 0.6) is 0 Å². The first-order valence-electron chi connectivity index (χ1n) is 6.70. The molecule has 2 rings (SSSR count). The van der Waals surface area contributed by atoms with E-state index in [4.69, 9.17) is 23.2 Å². The van der Waals surface area contributed by atoms with E-state index < -0.39 is 18.0 Å². The van der Waals surface area contributed by atoms with Crippen LogP contribution in [0.4, 0.5) is 4.79 Å². The van der Waals surface area contributed by atoms with Crippen molar-refractivity contribution in [2.45, 2.75) is 31.8 Å². The number of imide groups is 1. The van der Waals surface area contributed by atoms with Crippen LogP contribution in [0.15, 0.2) is 18.2 Å². The summed E-state index contributed by atoms with van der Waals surface area (Å²) in [6.07, 6.45) is 0.432. The van der Waals surface area contributed by atoms with Crippen molar-refractivity contribution in [3.05, 3.63) is 33.8 Å². The molecule has 6 nitrogen and oxygen atoms in total. The Balaban J connectivity index is 1.86. The SMILES string of the molecule is C[C@H](Cc1ccc(Cl)cc1Cl)NC(=O)C[C@@H]1NC(=O)NC1=O. The molecule has 0 radical (unpaired) electrons. The molecule has 0 aromatic heterocycles. The Labute approximate surface area is 137 Å². The Kier molecular flexibility index (Phi) is 5.26. The van der Waals surface area contributed by atoms with E-state index in [-0.39, 0.29) is 18.4 Å². The van der Waals surface area contributed by atoms with Gasteiger partial charge in [-0.1, -0.05) is 29.3 Å². The van der Waals surface area contributed by atoms with E-state index in [2.05, 4.69) is 16.0 Å². The number of nitrogens with one attached hydrogen (secondary N) is 3. The largest absolute Gasteiger partial charge is 0.353 e. The summed E-state index contributed by atoms with van der Waals surface area (Å²) in [4.78, 5) is 34.2. The number of carbonyl (C=O) groups excluding carboxylic acids is 3. The minimum Gasteiger partial charge on any atom is -0.353 e. The second-order valence-corrected chi connectivity index (χ2v) is 5.97. The van der Waals surface area contributed by atoms with Gasteiger partial charge in [-0.3, -0.25) is 14.9 Å². The molecule has 0 saturated carbocycles. The molecular weight excluding hydrogens is 329 g/mol. The molecule has 4 amide bonds. The molecule has 1 aromatic carbocycles. The van der Waals surface area contributed by atoms with Crippen molar-refractivity contribution in [2.75, 3.05) is 0 Å². The number of halogens is 2. The Hall–Kier alpha value is -1.79. The van der Waals surface area contributed by atoms with E-state index in [0.717, 1.165) is 5.56 Å². The summed E-state index contributed by atoms with van der Waals surface area (Å²) < 4.78 is 0. The smallest absolute Gasteiger partial charge is 0.322 e. The zero-order valence-corrected chi connectivity index (χ0v) is 13.3. The molecule has 1 aromatic rings. The van der Waals surface area contributed by atoms with Gasteiger partial charge in [-0.2, -0.15) is 0 Å². The number of benzene rings is 1. The lowest BCUT2D eigenvalue weighted by molar-refractivity contribution is -0.126. The van der Waals surface area contributed by atoms with Crippen molar-refractivity contribution in [1.82, 2.24) is 16.0 Å². The van der Waals surface area contributed by atoms with Crippen LogP contribution in [0.2, 0.25) is 10.0 Å². The predicted octanol–water partition coefficient (Wildman–Crippen LogP) is 1.64. The van der Waals surface area contributed by atoms with Crippen molar-refractivity contribution in [2.24, 2.45) is 0 Å². The molecule has 1 saturated heterocycles. The lowest BCUT2D eigenvalue weighted by atomic mass is 10.1. The first-order chi connectivity index (χ1) is 10.3. The molecule has 1 heterocycles. The van der Waals surface area contributed by atoms with Gasteiger partial charge in [0.15, 0.2) is 0 Å². The van der Waals surface area contributed by atoms with Crippen LogP contribution in [-0.4, -0.2) is 29.9 Å². The van der Waals surface area contributed by atoms with Crippen LogP contribution in [-0.2, 0) is 16.0 Å². The Bertz CT molecular complexity index is 621. The van der Waals surface area contributed by atoms with E-state index in [1.807, 2.05) is 6.92 Å². The van der Waals surface area contributed by atoms with Crippen LogP contribution in [0, 0.1) is 0 Å². The van der Waals surface area contributed by atoms with E-state index >= 15 is 0 Å². The first kappa shape index (κ1) is 16.6. The number of rotatable bonds is 5. The van der Waals surface area contributed by atoms with E-state index in [1.54, 1.807) is 18.2 Å². The minimum atomic E-state index is -0.821. The maximum Gasteiger partial charge on any atom is 0.322 e. The fraction of sp³-hybridized carbons (Fsp3) is 0.357. The molecule has 0 bridgehead atoms. The molecule has 118 valence electrons. The lowest BCUT2D eigenvalue weighted by Crippen LogP contribution is -2.40. The predicted molar refractivity (Wildman–Crippen MR) is 82.9 cm³/mol. The van der Waals surface area contributed by atoms with Gasteiger partial charge in [0.1, 0.15) is 6.04 Å². The lowest BCUT2D eigenvalue weighted by Gasteiger charge is -2.16. The zero-order chi connectivity index (χ0) is 16.3. The quantitative estimate of drug-likeness (QED) is 0.710. The molecule has 3 N–H and O–H groups in total. The highest BCUT2D eigenvalue weighted by atomic mass is 35.5. The minimum absolute atomic E-state index is 0.101. The van der Waals surface area contributed by atoms with E-state index in [9.17, 15) is 14.4 Å². The Morgan fingerprint density at radius 3 is 2.68 bits per heavy atom. The average Bonchev–Trinajstić information content (AvgIpc) is 2.71. The molecule has 2 atom stereocenters. The van der Waals surface area contributed by atoms with Gasteiger partial charge in [0.25, 0.3) is 5.91 Å². The third-order valence-electron chi connectivity index (χ3n) is 3.20. The first-order valence-corrected chi connectivity index (χ1v) is 7.45. The zero-order valence-electron chi connectivity index (χ0n) is 11.8. The topological polar surface area (TPSA) is 87.3 Å². The molecule has 1 aliphatic rings. The van der Waals surface area contributed by atoms with Crippen molar-refractivity contribution >= 4 is 41.0 Å². The molecule has 1 aliphatic heterocycles. The standard InChI is InChI=1S/C14H15Cl2N3O3/c1-7(4-8-2-3-9(15)5-10(8)16)17-12(20)6-11-13(21)19-14(22)18-11/h2-3,5,7,11H,4,6H2,1H3,(H,17,20)(H2,18,19,21,22)/t7-,11+/m1/s1. The Morgan fingerprint density at radius 1 is 1.36 bits per heavy atom. The summed E-state index contributed by atoms with van der Waals surface area (Å²) in [7, 11) is 0. The molecule has 0 unspecified atom stereocenters. The van der Waals surface area contributed by atoms with Gasteiger partial charge in [-0.05, 0) is 31.0 Å². The number of carbonyl (C=O) groups is 3. The highest BCUT2D eigenvalue weighted by Crippen LogP contribution is 2.22. The van der Waals surface area contributed by atoms with Gasteiger partial charge >= 0.3 is 6.03 Å². The van der Waals surface area contributed by atoms with E-state index in [1.165, 1.54) is 0 Å². The fourth-order valence-corrected chi connectivity index (χ4v) is 2.68. The van der Waals surface area contributed by atoms with Crippen molar-refractivity contribution in [3.63, 3.8) is 0 Å². The summed E-state index contributed by atoms with van der Waals surface area (Å²) in [6, 6.07) is 3.60. The van der Waals surface area contributed by atoms with Crippen LogP contribution < -0.4 is 16.0 Å². The van der Waals surface area contributed by atoms with Crippen molar-refractivity contribution < 1.29 is 14.4 Å². The maximum atomic E-state index is 11.9. The molecule has 0 spiro atoms. The number of hydrogen-bond donors (Lipinski definition) is 3. The molecule has 22 heavy (non-hydrogen) atoms. The summed E-state index contributed by atoms with van der Waals surface area (Å²) in [5.41, 5.74) is 0.866. The summed E-state index contributed by atoms with van der Waals surface area (Å²) in [6.45, 7) is 1.83. The van der Waals surface area contributed by atoms with Crippen molar-refractivity contribution in [3.8, 4) is 0 Å². The third kappa shape index (κ3) is 4.35. The maximum absolute atomic E-state index is 11.9. The van der Waals surface area contributed by atoms with Crippen LogP contribution in [0.3, 0.4) is 0 Å². The fourth-order valence-electron chi connectivity index (χ4n) is 2.19. The van der Waals surface area contributed by atoms with Gasteiger partial charge < -0.3 is 10.6 Å². The molecule has 0 aliphatic carbocycles.